The summed E-state index contributed by atoms with van der Waals surface area (Å²) in [7, 11) is -3.54. The number of rotatable bonds is 7. The van der Waals surface area contributed by atoms with E-state index in [2.05, 4.69) is 4.98 Å². The van der Waals surface area contributed by atoms with Gasteiger partial charge >= 0.3 is 5.97 Å². The largest absolute Gasteiger partial charge is 0.455 e. The molecule has 0 spiro atoms. The van der Waals surface area contributed by atoms with Crippen LogP contribution >= 0.6 is 11.3 Å². The number of hydrogen-bond donors (Lipinski definition) is 0. The van der Waals surface area contributed by atoms with Gasteiger partial charge in [0.05, 0.1) is 20.7 Å². The smallest absolute Gasteiger partial charge is 0.338 e. The number of hydrogen-bond acceptors (Lipinski definition) is 6. The molecular weight excluding hydrogens is 384 g/mol. The van der Waals surface area contributed by atoms with Gasteiger partial charge in [0.15, 0.2) is 0 Å². The van der Waals surface area contributed by atoms with E-state index in [1.54, 1.807) is 13.8 Å². The van der Waals surface area contributed by atoms with Crippen molar-refractivity contribution in [3.05, 3.63) is 59.1 Å². The van der Waals surface area contributed by atoms with Crippen LogP contribution in [0.4, 0.5) is 0 Å². The molecule has 0 aliphatic heterocycles. The minimum absolute atomic E-state index is 0.0810. The number of esters is 1. The van der Waals surface area contributed by atoms with Crippen molar-refractivity contribution in [1.82, 2.24) is 9.29 Å². The van der Waals surface area contributed by atoms with Crippen LogP contribution in [-0.2, 0) is 21.4 Å². The molecule has 0 saturated heterocycles. The van der Waals surface area contributed by atoms with E-state index in [0.717, 1.165) is 10.2 Å². The third-order valence-electron chi connectivity index (χ3n) is 4.10. The predicted octanol–water partition coefficient (Wildman–Crippen LogP) is 3.68. The molecule has 0 radical (unpaired) electrons. The van der Waals surface area contributed by atoms with E-state index in [1.807, 2.05) is 24.3 Å². The summed E-state index contributed by atoms with van der Waals surface area (Å²) in [5, 5.41) is 0.713. The van der Waals surface area contributed by atoms with Gasteiger partial charge < -0.3 is 4.74 Å². The van der Waals surface area contributed by atoms with Crippen molar-refractivity contribution in [2.75, 3.05) is 13.1 Å². The summed E-state index contributed by atoms with van der Waals surface area (Å²) in [4.78, 5) is 16.8. The van der Waals surface area contributed by atoms with Gasteiger partial charge in [-0.25, -0.2) is 18.2 Å². The first-order valence-electron chi connectivity index (χ1n) is 8.57. The Balaban J connectivity index is 1.68. The molecule has 0 saturated carbocycles. The molecule has 0 amide bonds. The molecule has 0 aliphatic carbocycles. The quantitative estimate of drug-likeness (QED) is 0.562. The van der Waals surface area contributed by atoms with Crippen molar-refractivity contribution in [3.8, 4) is 0 Å². The average molecular weight is 405 g/mol. The molecular formula is C19H20N2O4S2. The molecule has 0 aliphatic rings. The number of sulfonamides is 1. The SMILES string of the molecule is CCN(CC)S(=O)(=O)c1ccc(C(=O)OCc2nc3ccccc3s2)cc1. The highest BCUT2D eigenvalue weighted by molar-refractivity contribution is 7.89. The van der Waals surface area contributed by atoms with Crippen LogP contribution in [0.3, 0.4) is 0 Å². The van der Waals surface area contributed by atoms with Gasteiger partial charge in [-0.1, -0.05) is 26.0 Å². The first-order valence-corrected chi connectivity index (χ1v) is 10.8. The zero-order valence-electron chi connectivity index (χ0n) is 15.1. The monoisotopic (exact) mass is 404 g/mol. The molecule has 1 heterocycles. The van der Waals surface area contributed by atoms with Crippen molar-refractivity contribution in [3.63, 3.8) is 0 Å². The van der Waals surface area contributed by atoms with Crippen molar-refractivity contribution in [2.24, 2.45) is 0 Å². The highest BCUT2D eigenvalue weighted by Crippen LogP contribution is 2.22. The third kappa shape index (κ3) is 4.18. The fourth-order valence-corrected chi connectivity index (χ4v) is 5.01. The van der Waals surface area contributed by atoms with E-state index < -0.39 is 16.0 Å². The molecule has 27 heavy (non-hydrogen) atoms. The molecule has 3 aromatic rings. The highest BCUT2D eigenvalue weighted by atomic mass is 32.2. The summed E-state index contributed by atoms with van der Waals surface area (Å²) in [6.07, 6.45) is 0. The number of carbonyl (C=O) groups is 1. The van der Waals surface area contributed by atoms with E-state index in [-0.39, 0.29) is 11.5 Å². The fraction of sp³-hybridized carbons (Fsp3) is 0.263. The van der Waals surface area contributed by atoms with Crippen LogP contribution in [0, 0.1) is 0 Å². The number of carbonyl (C=O) groups excluding carboxylic acids is 1. The van der Waals surface area contributed by atoms with Crippen molar-refractivity contribution in [1.29, 1.82) is 0 Å². The van der Waals surface area contributed by atoms with E-state index in [0.29, 0.717) is 23.7 Å². The Morgan fingerprint density at radius 2 is 1.74 bits per heavy atom. The van der Waals surface area contributed by atoms with Crippen molar-refractivity contribution < 1.29 is 17.9 Å². The summed E-state index contributed by atoms with van der Waals surface area (Å²) in [6, 6.07) is 13.5. The Bertz CT molecular complexity index is 1010. The van der Waals surface area contributed by atoms with Gasteiger partial charge in [-0.2, -0.15) is 4.31 Å². The minimum atomic E-state index is -3.54. The maximum absolute atomic E-state index is 12.5. The molecule has 8 heteroatoms. The molecule has 0 bridgehead atoms. The lowest BCUT2D eigenvalue weighted by molar-refractivity contribution is 0.0472. The summed E-state index contributed by atoms with van der Waals surface area (Å²) in [5.41, 5.74) is 1.18. The molecule has 142 valence electrons. The number of fused-ring (bicyclic) bond motifs is 1. The van der Waals surface area contributed by atoms with Crippen molar-refractivity contribution >= 4 is 37.5 Å². The molecule has 0 fully saturated rings. The first-order chi connectivity index (χ1) is 13.0. The molecule has 2 aromatic carbocycles. The van der Waals surface area contributed by atoms with Gasteiger partial charge in [-0.3, -0.25) is 0 Å². The van der Waals surface area contributed by atoms with Crippen LogP contribution in [0.15, 0.2) is 53.4 Å². The maximum atomic E-state index is 12.5. The topological polar surface area (TPSA) is 76.6 Å². The van der Waals surface area contributed by atoms with Gasteiger partial charge in [0.2, 0.25) is 10.0 Å². The fourth-order valence-electron chi connectivity index (χ4n) is 2.67. The average Bonchev–Trinajstić information content (AvgIpc) is 3.10. The molecule has 0 N–H and O–H groups in total. The first kappa shape index (κ1) is 19.5. The van der Waals surface area contributed by atoms with Crippen LogP contribution in [0.25, 0.3) is 10.2 Å². The van der Waals surface area contributed by atoms with Crippen LogP contribution in [-0.4, -0.2) is 36.8 Å². The van der Waals surface area contributed by atoms with Crippen LogP contribution in [0.1, 0.15) is 29.2 Å². The Hall–Kier alpha value is -2.29. The number of ether oxygens (including phenoxy) is 1. The summed E-state index contributed by atoms with van der Waals surface area (Å²) < 4.78 is 32.7. The molecule has 1 aromatic heterocycles. The summed E-state index contributed by atoms with van der Waals surface area (Å²) >= 11 is 1.48. The Morgan fingerprint density at radius 1 is 1.07 bits per heavy atom. The normalized spacial score (nSPS) is 11.8. The second-order valence-electron chi connectivity index (χ2n) is 5.77. The standard InChI is InChI=1S/C19H20N2O4S2/c1-3-21(4-2)27(23,24)15-11-9-14(10-12-15)19(22)25-13-18-20-16-7-5-6-8-17(16)26-18/h5-12H,3-4,13H2,1-2H3. The Labute approximate surface area is 162 Å². The lowest BCUT2D eigenvalue weighted by Crippen LogP contribution is -2.30. The van der Waals surface area contributed by atoms with Crippen molar-refractivity contribution in [2.45, 2.75) is 25.3 Å². The van der Waals surface area contributed by atoms with E-state index in [9.17, 15) is 13.2 Å². The third-order valence-corrected chi connectivity index (χ3v) is 7.17. The van der Waals surface area contributed by atoms with Gasteiger partial charge in [0.1, 0.15) is 11.6 Å². The zero-order chi connectivity index (χ0) is 19.4. The van der Waals surface area contributed by atoms with Gasteiger partial charge in [0, 0.05) is 13.1 Å². The second kappa shape index (κ2) is 8.16. The number of para-hydroxylation sites is 1. The Morgan fingerprint density at radius 3 is 2.37 bits per heavy atom. The summed E-state index contributed by atoms with van der Waals surface area (Å²) in [6.45, 7) is 4.44. The number of benzene rings is 2. The zero-order valence-corrected chi connectivity index (χ0v) is 16.7. The van der Waals surface area contributed by atoms with E-state index in [4.69, 9.17) is 4.74 Å². The van der Waals surface area contributed by atoms with E-state index in [1.165, 1.54) is 39.9 Å². The molecule has 0 unspecified atom stereocenters. The molecule has 6 nitrogen and oxygen atoms in total. The second-order valence-corrected chi connectivity index (χ2v) is 8.82. The maximum Gasteiger partial charge on any atom is 0.338 e. The Kier molecular flexibility index (Phi) is 5.88. The lowest BCUT2D eigenvalue weighted by Gasteiger charge is -2.18. The number of aromatic nitrogens is 1. The summed E-state index contributed by atoms with van der Waals surface area (Å²) in [5.74, 6) is -0.513. The molecule has 3 rings (SSSR count). The predicted molar refractivity (Wildman–Crippen MR) is 105 cm³/mol. The number of nitrogens with zero attached hydrogens (tertiary/aromatic N) is 2. The number of thiazole rings is 1. The van der Waals surface area contributed by atoms with Gasteiger partial charge in [-0.15, -0.1) is 11.3 Å². The van der Waals surface area contributed by atoms with Crippen LogP contribution < -0.4 is 0 Å². The van der Waals surface area contributed by atoms with Crippen LogP contribution in [0.5, 0.6) is 0 Å². The minimum Gasteiger partial charge on any atom is -0.455 e. The van der Waals surface area contributed by atoms with Gasteiger partial charge in [-0.05, 0) is 36.4 Å². The van der Waals surface area contributed by atoms with Gasteiger partial charge in [0.25, 0.3) is 0 Å². The lowest BCUT2D eigenvalue weighted by atomic mass is 10.2. The van der Waals surface area contributed by atoms with E-state index >= 15 is 0 Å². The highest BCUT2D eigenvalue weighted by Gasteiger charge is 2.21. The molecule has 0 atom stereocenters. The van der Waals surface area contributed by atoms with Crippen LogP contribution in [0.2, 0.25) is 0 Å².